The first-order chi connectivity index (χ1) is 13.2. The van der Waals surface area contributed by atoms with Crippen molar-refractivity contribution in [3.05, 3.63) is 45.9 Å². The van der Waals surface area contributed by atoms with Crippen LogP contribution in [0.5, 0.6) is 5.75 Å². The smallest absolute Gasteiger partial charge is 0.443 e. The summed E-state index contributed by atoms with van der Waals surface area (Å²) in [6.07, 6.45) is -6.05. The molecule has 1 aromatic carbocycles. The molecule has 1 fully saturated rings. The molecule has 6 nitrogen and oxygen atoms in total. The molecule has 1 saturated heterocycles. The summed E-state index contributed by atoms with van der Waals surface area (Å²) in [5, 5.41) is 9.78. The highest BCUT2D eigenvalue weighted by Gasteiger charge is 2.43. The van der Waals surface area contributed by atoms with Gasteiger partial charge in [0.1, 0.15) is 11.9 Å². The Labute approximate surface area is 163 Å². The zero-order valence-corrected chi connectivity index (χ0v) is 16.0. The number of ether oxygens (including phenoxy) is 2. The van der Waals surface area contributed by atoms with Gasteiger partial charge < -0.3 is 14.6 Å². The zero-order chi connectivity index (χ0) is 20.5. The lowest BCUT2D eigenvalue weighted by Crippen LogP contribution is -2.43. The van der Waals surface area contributed by atoms with Gasteiger partial charge >= 0.3 is 12.1 Å². The quantitative estimate of drug-likeness (QED) is 0.776. The number of aromatic nitrogens is 1. The van der Waals surface area contributed by atoms with Crippen LogP contribution in [-0.4, -0.2) is 46.9 Å². The first-order valence-electron chi connectivity index (χ1n) is 8.48. The molecule has 0 spiro atoms. The largest absolute Gasteiger partial charge is 0.497 e. The second-order valence-corrected chi connectivity index (χ2v) is 7.35. The second-order valence-electron chi connectivity index (χ2n) is 6.49. The van der Waals surface area contributed by atoms with Gasteiger partial charge in [0.15, 0.2) is 5.01 Å². The van der Waals surface area contributed by atoms with Gasteiger partial charge in [0.05, 0.1) is 12.8 Å². The summed E-state index contributed by atoms with van der Waals surface area (Å²) in [5.41, 5.74) is 1.08. The molecule has 3 unspecified atom stereocenters. The fourth-order valence-corrected chi connectivity index (χ4v) is 3.85. The number of carbonyl (C=O) groups is 1. The molecule has 1 N–H and O–H groups in total. The Bertz CT molecular complexity index is 825. The lowest BCUT2D eigenvalue weighted by Gasteiger charge is -2.26. The van der Waals surface area contributed by atoms with Crippen LogP contribution in [0.25, 0.3) is 0 Å². The van der Waals surface area contributed by atoms with Crippen LogP contribution in [0, 0.1) is 0 Å². The molecular weight excluding hydrogens is 397 g/mol. The number of aliphatic carboxylic acids is 1. The van der Waals surface area contributed by atoms with Crippen LogP contribution >= 0.6 is 11.3 Å². The minimum atomic E-state index is -4.53. The van der Waals surface area contributed by atoms with Gasteiger partial charge in [-0.05, 0) is 31.0 Å². The second kappa shape index (κ2) is 8.06. The summed E-state index contributed by atoms with van der Waals surface area (Å²) in [5.74, 6) is -0.469. The van der Waals surface area contributed by atoms with E-state index in [0.29, 0.717) is 23.5 Å². The molecule has 2 aromatic rings. The number of hydrogen-bond donors (Lipinski definition) is 1. The van der Waals surface area contributed by atoms with Gasteiger partial charge in [0.2, 0.25) is 6.23 Å². The van der Waals surface area contributed by atoms with Gasteiger partial charge in [0.25, 0.3) is 0 Å². The summed E-state index contributed by atoms with van der Waals surface area (Å²) < 4.78 is 49.0. The molecule has 1 aliphatic heterocycles. The van der Waals surface area contributed by atoms with Crippen LogP contribution in [0.4, 0.5) is 13.2 Å². The number of carboxylic acids is 1. The van der Waals surface area contributed by atoms with Gasteiger partial charge in [-0.1, -0.05) is 12.1 Å². The topological polar surface area (TPSA) is 71.9 Å². The number of rotatable bonds is 6. The molecule has 0 saturated carbocycles. The van der Waals surface area contributed by atoms with Gasteiger partial charge in [-0.15, -0.1) is 11.3 Å². The van der Waals surface area contributed by atoms with E-state index < -0.39 is 29.5 Å². The van der Waals surface area contributed by atoms with Crippen molar-refractivity contribution in [1.29, 1.82) is 0 Å². The first kappa shape index (κ1) is 20.6. The molecule has 0 bridgehead atoms. The van der Waals surface area contributed by atoms with Crippen LogP contribution in [0.15, 0.2) is 29.6 Å². The van der Waals surface area contributed by atoms with E-state index in [4.69, 9.17) is 9.47 Å². The monoisotopic (exact) mass is 416 g/mol. The molecule has 0 radical (unpaired) electrons. The molecule has 10 heteroatoms. The van der Waals surface area contributed by atoms with Crippen molar-refractivity contribution in [2.45, 2.75) is 37.9 Å². The average Bonchev–Trinajstić information content (AvgIpc) is 3.29. The fourth-order valence-electron chi connectivity index (χ4n) is 3.12. The van der Waals surface area contributed by atoms with Crippen LogP contribution in [-0.2, 0) is 22.1 Å². The number of hydrogen-bond acceptors (Lipinski definition) is 6. The minimum absolute atomic E-state index is 0.0997. The third kappa shape index (κ3) is 4.45. The lowest BCUT2D eigenvalue weighted by atomic mass is 10.1. The van der Waals surface area contributed by atoms with Crippen molar-refractivity contribution in [1.82, 2.24) is 9.88 Å². The molecule has 28 heavy (non-hydrogen) atoms. The third-order valence-corrected chi connectivity index (χ3v) is 5.44. The first-order valence-corrected chi connectivity index (χ1v) is 9.36. The summed E-state index contributed by atoms with van der Waals surface area (Å²) in [7, 11) is 1.57. The summed E-state index contributed by atoms with van der Waals surface area (Å²) >= 11 is 0.475. The van der Waals surface area contributed by atoms with Crippen molar-refractivity contribution in [2.24, 2.45) is 0 Å². The average molecular weight is 416 g/mol. The van der Waals surface area contributed by atoms with E-state index in [1.807, 2.05) is 31.2 Å². The van der Waals surface area contributed by atoms with Crippen LogP contribution < -0.4 is 4.74 Å². The van der Waals surface area contributed by atoms with Crippen molar-refractivity contribution >= 4 is 17.3 Å². The Hall–Kier alpha value is -2.17. The summed E-state index contributed by atoms with van der Waals surface area (Å²) in [6.45, 7) is 2.00. The number of thiazole rings is 1. The van der Waals surface area contributed by atoms with Crippen molar-refractivity contribution in [2.75, 3.05) is 13.7 Å². The lowest BCUT2D eigenvalue weighted by molar-refractivity contribution is -0.158. The predicted octanol–water partition coefficient (Wildman–Crippen LogP) is 3.59. The number of carboxylic acid groups (broad SMARTS) is 1. The number of alkyl halides is 3. The van der Waals surface area contributed by atoms with Gasteiger partial charge in [-0.3, -0.25) is 4.90 Å². The molecule has 3 atom stereocenters. The zero-order valence-electron chi connectivity index (χ0n) is 15.1. The Morgan fingerprint density at radius 3 is 2.64 bits per heavy atom. The summed E-state index contributed by atoms with van der Waals surface area (Å²) in [4.78, 5) is 16.8. The molecule has 152 valence electrons. The molecule has 3 rings (SSSR count). The molecular formula is C18H19F3N2O4S. The van der Waals surface area contributed by atoms with Crippen molar-refractivity contribution in [3.63, 3.8) is 0 Å². The Balaban J connectivity index is 1.73. The third-order valence-electron chi connectivity index (χ3n) is 4.53. The summed E-state index contributed by atoms with van der Waals surface area (Å²) in [6, 6.07) is 7.19. The van der Waals surface area contributed by atoms with E-state index in [9.17, 15) is 23.1 Å². The van der Waals surface area contributed by atoms with Crippen LogP contribution in [0.1, 0.15) is 29.3 Å². The van der Waals surface area contributed by atoms with E-state index in [1.54, 1.807) is 12.0 Å². The van der Waals surface area contributed by atoms with E-state index in [-0.39, 0.29) is 18.3 Å². The molecule has 2 heterocycles. The SMILES string of the molecule is COc1ccc(CC(C)N2CC(c3csc(C(F)(F)F)n3)OC2C(=O)O)cc1. The minimum Gasteiger partial charge on any atom is -0.497 e. The van der Waals surface area contributed by atoms with Gasteiger partial charge in [-0.25, -0.2) is 9.78 Å². The number of methoxy groups -OCH3 is 1. The number of halogens is 3. The van der Waals surface area contributed by atoms with E-state index in [2.05, 4.69) is 4.98 Å². The predicted molar refractivity (Wildman–Crippen MR) is 95.2 cm³/mol. The Morgan fingerprint density at radius 2 is 2.11 bits per heavy atom. The maximum atomic E-state index is 12.8. The highest BCUT2D eigenvalue weighted by Crippen LogP contribution is 2.36. The van der Waals surface area contributed by atoms with E-state index in [1.165, 1.54) is 5.38 Å². The Morgan fingerprint density at radius 1 is 1.43 bits per heavy atom. The van der Waals surface area contributed by atoms with Crippen LogP contribution in [0.3, 0.4) is 0 Å². The van der Waals surface area contributed by atoms with Gasteiger partial charge in [-0.2, -0.15) is 13.2 Å². The maximum absolute atomic E-state index is 12.8. The van der Waals surface area contributed by atoms with Crippen LogP contribution in [0.2, 0.25) is 0 Å². The highest BCUT2D eigenvalue weighted by molar-refractivity contribution is 7.09. The normalized spacial score (nSPS) is 21.6. The van der Waals surface area contributed by atoms with Gasteiger partial charge in [0, 0.05) is 18.0 Å². The number of nitrogens with zero attached hydrogens (tertiary/aromatic N) is 2. The van der Waals surface area contributed by atoms with Crippen molar-refractivity contribution < 1.29 is 32.5 Å². The van der Waals surface area contributed by atoms with E-state index >= 15 is 0 Å². The van der Waals surface area contributed by atoms with Crippen molar-refractivity contribution in [3.8, 4) is 5.75 Å². The number of benzene rings is 1. The standard InChI is InChI=1S/C18H19F3N2O4S/c1-10(7-11-3-5-12(26-2)6-4-11)23-8-14(27-15(23)16(24)25)13-9-28-17(22-13)18(19,20)21/h3-6,9-10,14-15H,7-8H2,1-2H3,(H,24,25). The molecule has 0 aliphatic carbocycles. The fraction of sp³-hybridized carbons (Fsp3) is 0.444. The molecule has 0 amide bonds. The maximum Gasteiger partial charge on any atom is 0.443 e. The van der Waals surface area contributed by atoms with E-state index in [0.717, 1.165) is 5.56 Å². The molecule has 1 aromatic heterocycles. The highest BCUT2D eigenvalue weighted by atomic mass is 32.1. The molecule has 1 aliphatic rings. The Kier molecular flexibility index (Phi) is 5.92.